The number of nitrogens with zero attached hydrogens (tertiary/aromatic N) is 2. The second kappa shape index (κ2) is 5.81. The molecule has 21 heavy (non-hydrogen) atoms. The van der Waals surface area contributed by atoms with Gasteiger partial charge in [-0.1, -0.05) is 29.3 Å². The predicted octanol–water partition coefficient (Wildman–Crippen LogP) is 6.31. The van der Waals surface area contributed by atoms with Crippen LogP contribution in [0.2, 0.25) is 9.36 Å². The molecule has 0 aliphatic carbocycles. The monoisotopic (exact) mass is 358 g/mol. The molecule has 1 aromatic carbocycles. The summed E-state index contributed by atoms with van der Waals surface area (Å²) in [7, 11) is 0. The van der Waals surface area contributed by atoms with Crippen LogP contribution in [0.15, 0.2) is 30.3 Å². The van der Waals surface area contributed by atoms with E-state index in [1.165, 1.54) is 0 Å². The maximum absolute atomic E-state index is 6.39. The molecule has 0 radical (unpaired) electrons. The molecule has 0 bridgehead atoms. The highest BCUT2D eigenvalue weighted by Crippen LogP contribution is 2.36. The lowest BCUT2D eigenvalue weighted by atomic mass is 10.2. The molecule has 0 aliphatic rings. The molecule has 0 amide bonds. The Morgan fingerprint density at radius 3 is 2.52 bits per heavy atom. The van der Waals surface area contributed by atoms with Gasteiger partial charge in [0.15, 0.2) is 0 Å². The van der Waals surface area contributed by atoms with E-state index < -0.39 is 0 Å². The number of rotatable bonds is 3. The van der Waals surface area contributed by atoms with Crippen LogP contribution in [0.5, 0.6) is 0 Å². The molecule has 2 aromatic heterocycles. The van der Waals surface area contributed by atoms with Crippen LogP contribution in [0.25, 0.3) is 11.0 Å². The molecule has 2 heterocycles. The van der Waals surface area contributed by atoms with E-state index in [9.17, 15) is 0 Å². The van der Waals surface area contributed by atoms with Crippen molar-refractivity contribution in [1.29, 1.82) is 0 Å². The summed E-state index contributed by atoms with van der Waals surface area (Å²) in [5.74, 6) is 0.816. The van der Waals surface area contributed by atoms with Crippen LogP contribution < -0.4 is 0 Å². The topological polar surface area (TPSA) is 17.8 Å². The molecule has 2 atom stereocenters. The Morgan fingerprint density at radius 1 is 1.14 bits per heavy atom. The third-order valence-corrected chi connectivity index (χ3v) is 5.34. The first-order chi connectivity index (χ1) is 9.99. The van der Waals surface area contributed by atoms with Gasteiger partial charge < -0.3 is 4.57 Å². The number of aromatic nitrogens is 2. The zero-order valence-corrected chi connectivity index (χ0v) is 14.6. The molecule has 2 nitrogen and oxygen atoms in total. The Morgan fingerprint density at radius 2 is 1.90 bits per heavy atom. The molecular formula is C15H13Cl3N2S. The molecular weight excluding hydrogens is 347 g/mol. The number of thiophene rings is 1. The SMILES string of the molecule is CC(Cl)c1nc2cccc(Cl)c2n1C(C)c1ccc(Cl)s1. The van der Waals surface area contributed by atoms with Gasteiger partial charge in [0.1, 0.15) is 5.82 Å². The largest absolute Gasteiger partial charge is 0.317 e. The highest BCUT2D eigenvalue weighted by Gasteiger charge is 2.22. The number of hydrogen-bond donors (Lipinski definition) is 0. The lowest BCUT2D eigenvalue weighted by Crippen LogP contribution is -2.10. The normalized spacial score (nSPS) is 14.5. The van der Waals surface area contributed by atoms with Gasteiger partial charge in [-0.25, -0.2) is 4.98 Å². The molecule has 0 aliphatic heterocycles. The van der Waals surface area contributed by atoms with E-state index in [1.54, 1.807) is 11.3 Å². The number of fused-ring (bicyclic) bond motifs is 1. The molecule has 2 unspecified atom stereocenters. The number of hydrogen-bond acceptors (Lipinski definition) is 2. The van der Waals surface area contributed by atoms with Gasteiger partial charge in [0.2, 0.25) is 0 Å². The van der Waals surface area contributed by atoms with Crippen molar-refractivity contribution in [3.8, 4) is 0 Å². The van der Waals surface area contributed by atoms with Crippen LogP contribution in [-0.4, -0.2) is 9.55 Å². The van der Waals surface area contributed by atoms with Crippen LogP contribution in [0.1, 0.15) is 36.0 Å². The van der Waals surface area contributed by atoms with E-state index in [0.717, 1.165) is 26.1 Å². The minimum absolute atomic E-state index is 0.0728. The van der Waals surface area contributed by atoms with Crippen molar-refractivity contribution in [3.05, 3.63) is 50.4 Å². The van der Waals surface area contributed by atoms with Crippen LogP contribution >= 0.6 is 46.1 Å². The molecule has 0 saturated carbocycles. The van der Waals surface area contributed by atoms with E-state index in [1.807, 2.05) is 37.3 Å². The second-order valence-corrected chi connectivity index (χ2v) is 7.69. The van der Waals surface area contributed by atoms with Crippen molar-refractivity contribution in [1.82, 2.24) is 9.55 Å². The molecule has 110 valence electrons. The first-order valence-corrected chi connectivity index (χ1v) is 8.55. The Bertz CT molecular complexity index is 791. The van der Waals surface area contributed by atoms with E-state index in [-0.39, 0.29) is 11.4 Å². The van der Waals surface area contributed by atoms with Gasteiger partial charge in [-0.2, -0.15) is 0 Å². The molecule has 0 fully saturated rings. The van der Waals surface area contributed by atoms with E-state index in [4.69, 9.17) is 34.8 Å². The summed E-state index contributed by atoms with van der Waals surface area (Å²) in [6, 6.07) is 9.74. The zero-order valence-electron chi connectivity index (χ0n) is 11.5. The maximum Gasteiger partial charge on any atom is 0.128 e. The highest BCUT2D eigenvalue weighted by molar-refractivity contribution is 7.16. The first kappa shape index (κ1) is 15.2. The molecule has 0 saturated heterocycles. The van der Waals surface area contributed by atoms with Crippen molar-refractivity contribution >= 4 is 57.2 Å². The summed E-state index contributed by atoms with van der Waals surface area (Å²) < 4.78 is 2.88. The minimum Gasteiger partial charge on any atom is -0.317 e. The number of para-hydroxylation sites is 1. The van der Waals surface area contributed by atoms with Crippen molar-refractivity contribution in [2.75, 3.05) is 0 Å². The van der Waals surface area contributed by atoms with Gasteiger partial charge in [-0.15, -0.1) is 22.9 Å². The zero-order chi connectivity index (χ0) is 15.1. The summed E-state index contributed by atoms with van der Waals surface area (Å²) in [6.45, 7) is 4.02. The quantitative estimate of drug-likeness (QED) is 0.501. The van der Waals surface area contributed by atoms with Crippen LogP contribution in [-0.2, 0) is 0 Å². The summed E-state index contributed by atoms with van der Waals surface area (Å²) in [5, 5.41) is 0.476. The lowest BCUT2D eigenvalue weighted by Gasteiger charge is -2.18. The number of benzene rings is 1. The van der Waals surface area contributed by atoms with Crippen LogP contribution in [0.3, 0.4) is 0 Å². The molecule has 0 spiro atoms. The van der Waals surface area contributed by atoms with Crippen LogP contribution in [0, 0.1) is 0 Å². The average Bonchev–Trinajstić information content (AvgIpc) is 3.02. The lowest BCUT2D eigenvalue weighted by molar-refractivity contribution is 0.628. The molecule has 6 heteroatoms. The third-order valence-electron chi connectivity index (χ3n) is 3.44. The highest BCUT2D eigenvalue weighted by atomic mass is 35.5. The fourth-order valence-electron chi connectivity index (χ4n) is 2.48. The summed E-state index contributed by atoms with van der Waals surface area (Å²) in [4.78, 5) is 5.80. The molecule has 3 aromatic rings. The third kappa shape index (κ3) is 2.68. The number of imidazole rings is 1. The van der Waals surface area contributed by atoms with E-state index >= 15 is 0 Å². The van der Waals surface area contributed by atoms with Crippen molar-refractivity contribution in [2.24, 2.45) is 0 Å². The second-order valence-electron chi connectivity index (χ2n) is 4.88. The Labute approximate surface area is 142 Å². The average molecular weight is 360 g/mol. The number of alkyl halides is 1. The standard InChI is InChI=1S/C15H13Cl3N2S/c1-8(16)15-19-11-5-3-4-10(17)14(11)20(15)9(2)12-6-7-13(18)21-12/h3-9H,1-2H3. The van der Waals surface area contributed by atoms with Gasteiger partial charge in [0.25, 0.3) is 0 Å². The fourth-order valence-corrected chi connectivity index (χ4v) is 4.00. The van der Waals surface area contributed by atoms with Gasteiger partial charge in [-0.3, -0.25) is 0 Å². The minimum atomic E-state index is -0.202. The molecule has 0 N–H and O–H groups in total. The Hall–Kier alpha value is -0.740. The van der Waals surface area contributed by atoms with Gasteiger partial charge >= 0.3 is 0 Å². The van der Waals surface area contributed by atoms with Crippen molar-refractivity contribution in [3.63, 3.8) is 0 Å². The van der Waals surface area contributed by atoms with Gasteiger partial charge in [-0.05, 0) is 38.1 Å². The van der Waals surface area contributed by atoms with Crippen molar-refractivity contribution < 1.29 is 0 Å². The van der Waals surface area contributed by atoms with E-state index in [0.29, 0.717) is 5.02 Å². The maximum atomic E-state index is 6.39. The van der Waals surface area contributed by atoms with Crippen LogP contribution in [0.4, 0.5) is 0 Å². The smallest absolute Gasteiger partial charge is 0.128 e. The fraction of sp³-hybridized carbons (Fsp3) is 0.267. The van der Waals surface area contributed by atoms with E-state index in [2.05, 4.69) is 16.5 Å². The Kier molecular flexibility index (Phi) is 4.19. The molecule has 3 rings (SSSR count). The summed E-state index contributed by atoms with van der Waals surface area (Å²) >= 11 is 20.3. The predicted molar refractivity (Wildman–Crippen MR) is 92.2 cm³/mol. The Balaban J connectivity index is 2.26. The number of halogens is 3. The van der Waals surface area contributed by atoms with Gasteiger partial charge in [0, 0.05) is 4.88 Å². The van der Waals surface area contributed by atoms with Crippen molar-refractivity contribution in [2.45, 2.75) is 25.3 Å². The summed E-state index contributed by atoms with van der Waals surface area (Å²) in [6.07, 6.45) is 0. The summed E-state index contributed by atoms with van der Waals surface area (Å²) in [5.41, 5.74) is 1.78. The van der Waals surface area contributed by atoms with Gasteiger partial charge in [0.05, 0.1) is 31.8 Å². The first-order valence-electron chi connectivity index (χ1n) is 6.54.